The van der Waals surface area contributed by atoms with E-state index in [0.29, 0.717) is 25.8 Å². The van der Waals surface area contributed by atoms with E-state index in [1.165, 1.54) is 0 Å². The fourth-order valence-corrected chi connectivity index (χ4v) is 4.02. The third kappa shape index (κ3) is 4.14. The number of aromatic nitrogens is 2. The average molecular weight is 385 g/mol. The maximum atomic E-state index is 11.1. The van der Waals surface area contributed by atoms with E-state index in [-0.39, 0.29) is 5.92 Å². The Kier molecular flexibility index (Phi) is 5.52. The standard InChI is InChI=1S/C21H27N3O4/c1-24-13-16(12-22-17-6-3-14(4-7-17)21(25)26)20(23-24)15-5-8-18-19(11-15)28-10-2-9-27-18/h5,8,11,13-14,17,22H,2-4,6-7,9-10,12H2,1H3,(H,25,26). The van der Waals surface area contributed by atoms with Crippen LogP contribution in [0.15, 0.2) is 24.4 Å². The van der Waals surface area contributed by atoms with E-state index in [9.17, 15) is 4.79 Å². The summed E-state index contributed by atoms with van der Waals surface area (Å²) in [7, 11) is 1.92. The van der Waals surface area contributed by atoms with Gasteiger partial charge in [-0.15, -0.1) is 0 Å². The van der Waals surface area contributed by atoms with E-state index < -0.39 is 5.97 Å². The van der Waals surface area contributed by atoms with E-state index in [1.807, 2.05) is 36.1 Å². The zero-order valence-corrected chi connectivity index (χ0v) is 16.2. The van der Waals surface area contributed by atoms with Gasteiger partial charge in [-0.1, -0.05) is 0 Å². The predicted octanol–water partition coefficient (Wildman–Crippen LogP) is 2.98. The molecule has 2 N–H and O–H groups in total. The largest absolute Gasteiger partial charge is 0.490 e. The minimum Gasteiger partial charge on any atom is -0.490 e. The summed E-state index contributed by atoms with van der Waals surface area (Å²) in [6.45, 7) is 2.04. The second-order valence-corrected chi connectivity index (χ2v) is 7.66. The van der Waals surface area contributed by atoms with E-state index in [2.05, 4.69) is 10.4 Å². The molecule has 0 amide bonds. The van der Waals surface area contributed by atoms with Crippen molar-refractivity contribution in [3.05, 3.63) is 30.0 Å². The number of nitrogens with zero attached hydrogens (tertiary/aromatic N) is 2. The van der Waals surface area contributed by atoms with Crippen molar-refractivity contribution in [2.45, 2.75) is 44.7 Å². The number of nitrogens with one attached hydrogen (secondary N) is 1. The van der Waals surface area contributed by atoms with Gasteiger partial charge in [0.25, 0.3) is 0 Å². The van der Waals surface area contributed by atoms with Crippen molar-refractivity contribution in [1.82, 2.24) is 15.1 Å². The molecule has 4 rings (SSSR count). The first-order chi connectivity index (χ1) is 13.6. The zero-order chi connectivity index (χ0) is 19.5. The molecule has 1 aromatic heterocycles. The van der Waals surface area contributed by atoms with E-state index in [4.69, 9.17) is 14.6 Å². The monoisotopic (exact) mass is 385 g/mol. The first-order valence-electron chi connectivity index (χ1n) is 9.99. The van der Waals surface area contributed by atoms with Crippen LogP contribution in [0, 0.1) is 5.92 Å². The fraction of sp³-hybridized carbons (Fsp3) is 0.524. The molecule has 2 aromatic rings. The van der Waals surface area contributed by atoms with Gasteiger partial charge in [-0.3, -0.25) is 9.48 Å². The second kappa shape index (κ2) is 8.22. The molecule has 0 saturated heterocycles. The molecule has 1 aromatic carbocycles. The summed E-state index contributed by atoms with van der Waals surface area (Å²) in [6.07, 6.45) is 6.21. The van der Waals surface area contributed by atoms with Gasteiger partial charge in [0.1, 0.15) is 0 Å². The Hall–Kier alpha value is -2.54. The third-order valence-corrected chi connectivity index (χ3v) is 5.58. The molecule has 1 aliphatic heterocycles. The van der Waals surface area contributed by atoms with Crippen molar-refractivity contribution in [2.75, 3.05) is 13.2 Å². The molecule has 2 aliphatic rings. The van der Waals surface area contributed by atoms with Crippen LogP contribution in [0.3, 0.4) is 0 Å². The second-order valence-electron chi connectivity index (χ2n) is 7.66. The van der Waals surface area contributed by atoms with Crippen molar-refractivity contribution < 1.29 is 19.4 Å². The molecule has 150 valence electrons. The highest BCUT2D eigenvalue weighted by atomic mass is 16.5. The number of aryl methyl sites for hydroxylation is 1. The van der Waals surface area contributed by atoms with Crippen LogP contribution >= 0.6 is 0 Å². The number of hydrogen-bond donors (Lipinski definition) is 2. The van der Waals surface area contributed by atoms with Gasteiger partial charge in [0.2, 0.25) is 0 Å². The first-order valence-corrected chi connectivity index (χ1v) is 9.99. The van der Waals surface area contributed by atoms with E-state index in [1.54, 1.807) is 0 Å². The number of carbonyl (C=O) groups is 1. The lowest BCUT2D eigenvalue weighted by atomic mass is 9.86. The number of benzene rings is 1. The summed E-state index contributed by atoms with van der Waals surface area (Å²) >= 11 is 0. The number of carboxylic acid groups (broad SMARTS) is 1. The zero-order valence-electron chi connectivity index (χ0n) is 16.2. The molecule has 0 atom stereocenters. The highest BCUT2D eigenvalue weighted by Gasteiger charge is 2.26. The summed E-state index contributed by atoms with van der Waals surface area (Å²) in [4.78, 5) is 11.1. The predicted molar refractivity (Wildman–Crippen MR) is 104 cm³/mol. The van der Waals surface area contributed by atoms with Crippen molar-refractivity contribution in [3.63, 3.8) is 0 Å². The summed E-state index contributed by atoms with van der Waals surface area (Å²) in [5.41, 5.74) is 3.07. The number of ether oxygens (including phenoxy) is 2. The van der Waals surface area contributed by atoms with Crippen LogP contribution < -0.4 is 14.8 Å². The maximum Gasteiger partial charge on any atom is 0.306 e. The van der Waals surface area contributed by atoms with Crippen molar-refractivity contribution in [2.24, 2.45) is 13.0 Å². The normalized spacial score (nSPS) is 21.9. The van der Waals surface area contributed by atoms with Crippen LogP contribution in [0.1, 0.15) is 37.7 Å². The lowest BCUT2D eigenvalue weighted by Gasteiger charge is -2.26. The van der Waals surface area contributed by atoms with E-state index in [0.717, 1.165) is 60.4 Å². The number of fused-ring (bicyclic) bond motifs is 1. The number of rotatable bonds is 5. The summed E-state index contributed by atoms with van der Waals surface area (Å²) in [6, 6.07) is 6.34. The fourth-order valence-electron chi connectivity index (χ4n) is 4.02. The van der Waals surface area contributed by atoms with Crippen LogP contribution in [0.25, 0.3) is 11.3 Å². The van der Waals surface area contributed by atoms with Gasteiger partial charge >= 0.3 is 5.97 Å². The van der Waals surface area contributed by atoms with Crippen molar-refractivity contribution in [3.8, 4) is 22.8 Å². The summed E-state index contributed by atoms with van der Waals surface area (Å²) in [5.74, 6) is 0.704. The third-order valence-electron chi connectivity index (χ3n) is 5.58. The minimum absolute atomic E-state index is 0.186. The molecule has 0 bridgehead atoms. The Balaban J connectivity index is 1.46. The highest BCUT2D eigenvalue weighted by Crippen LogP contribution is 2.35. The van der Waals surface area contributed by atoms with Gasteiger partial charge in [0.05, 0.1) is 24.8 Å². The van der Waals surface area contributed by atoms with Gasteiger partial charge in [0, 0.05) is 43.4 Å². The van der Waals surface area contributed by atoms with Crippen molar-refractivity contribution in [1.29, 1.82) is 0 Å². The molecular weight excluding hydrogens is 358 g/mol. The Bertz CT molecular complexity index is 840. The number of carboxylic acids is 1. The van der Waals surface area contributed by atoms with Gasteiger partial charge in [-0.25, -0.2) is 0 Å². The molecule has 1 fully saturated rings. The maximum absolute atomic E-state index is 11.1. The summed E-state index contributed by atoms with van der Waals surface area (Å²) in [5, 5.41) is 17.4. The Morgan fingerprint density at radius 1 is 1.21 bits per heavy atom. The van der Waals surface area contributed by atoms with Crippen LogP contribution in [0.2, 0.25) is 0 Å². The molecule has 0 unspecified atom stereocenters. The molecule has 1 aliphatic carbocycles. The van der Waals surface area contributed by atoms with Gasteiger partial charge in [0.15, 0.2) is 11.5 Å². The first kappa shape index (κ1) is 18.8. The van der Waals surface area contributed by atoms with Crippen LogP contribution in [-0.2, 0) is 18.4 Å². The molecule has 0 radical (unpaired) electrons. The number of hydrogen-bond acceptors (Lipinski definition) is 5. The van der Waals surface area contributed by atoms with E-state index >= 15 is 0 Å². The topological polar surface area (TPSA) is 85.6 Å². The van der Waals surface area contributed by atoms with Crippen molar-refractivity contribution >= 4 is 5.97 Å². The Morgan fingerprint density at radius 3 is 2.71 bits per heavy atom. The van der Waals surface area contributed by atoms with Crippen LogP contribution in [0.5, 0.6) is 11.5 Å². The van der Waals surface area contributed by atoms with Gasteiger partial charge in [-0.2, -0.15) is 5.10 Å². The summed E-state index contributed by atoms with van der Waals surface area (Å²) < 4.78 is 13.4. The Morgan fingerprint density at radius 2 is 1.96 bits per heavy atom. The molecule has 0 spiro atoms. The van der Waals surface area contributed by atoms with Gasteiger partial charge in [-0.05, 0) is 43.9 Å². The number of aliphatic carboxylic acids is 1. The SMILES string of the molecule is Cn1cc(CNC2CCC(C(=O)O)CC2)c(-c2ccc3c(c2)OCCCO3)n1. The average Bonchev–Trinajstić information content (AvgIpc) is 2.92. The minimum atomic E-state index is -0.664. The molecular formula is C21H27N3O4. The molecule has 2 heterocycles. The quantitative estimate of drug-likeness (QED) is 0.823. The smallest absolute Gasteiger partial charge is 0.306 e. The lowest BCUT2D eigenvalue weighted by Crippen LogP contribution is -2.34. The molecule has 7 nitrogen and oxygen atoms in total. The highest BCUT2D eigenvalue weighted by molar-refractivity contribution is 5.70. The van der Waals surface area contributed by atoms with Crippen LogP contribution in [-0.4, -0.2) is 40.1 Å². The van der Waals surface area contributed by atoms with Crippen LogP contribution in [0.4, 0.5) is 0 Å². The Labute approximate surface area is 164 Å². The lowest BCUT2D eigenvalue weighted by molar-refractivity contribution is -0.142. The van der Waals surface area contributed by atoms with Gasteiger partial charge < -0.3 is 19.9 Å². The molecule has 28 heavy (non-hydrogen) atoms. The molecule has 7 heteroatoms. The molecule has 1 saturated carbocycles.